The van der Waals surface area contributed by atoms with Gasteiger partial charge in [-0.1, -0.05) is 130 Å². The van der Waals surface area contributed by atoms with Crippen LogP contribution in [-0.2, 0) is 24.1 Å². The predicted octanol–water partition coefficient (Wildman–Crippen LogP) is 10.2. The zero-order chi connectivity index (χ0) is 47.8. The number of benzene rings is 3. The number of aromatic nitrogens is 2. The fourth-order valence-corrected chi connectivity index (χ4v) is 12.0. The van der Waals surface area contributed by atoms with Gasteiger partial charge in [-0.2, -0.15) is 0 Å². The summed E-state index contributed by atoms with van der Waals surface area (Å²) in [6.07, 6.45) is 20.0. The number of carboxylic acids is 1. The number of phenolic OH excluding ortho intramolecular Hbond substituents is 1. The Kier molecular flexibility index (Phi) is 15.9. The highest BCUT2D eigenvalue weighted by molar-refractivity contribution is 5.85. The first-order valence-corrected chi connectivity index (χ1v) is 25.1. The molecule has 2 heterocycles. The number of hydrogen-bond donors (Lipinski definition) is 7. The molecule has 0 amide bonds. The third kappa shape index (κ3) is 11.4. The van der Waals surface area contributed by atoms with Crippen molar-refractivity contribution in [2.75, 3.05) is 5.73 Å². The van der Waals surface area contributed by atoms with Crippen LogP contribution in [0.5, 0.6) is 11.5 Å². The molecule has 3 aliphatic carbocycles. The Hall–Kier alpha value is -5.68. The van der Waals surface area contributed by atoms with E-state index in [2.05, 4.69) is 35.1 Å². The number of phenols is 1. The normalized spacial score (nSPS) is 25.3. The third-order valence-corrected chi connectivity index (χ3v) is 15.5. The van der Waals surface area contributed by atoms with Crippen LogP contribution in [0.15, 0.2) is 121 Å². The molecule has 360 valence electrons. The number of anilines is 1. The SMILES string of the molecule is CCCCCC1C=CC(CCCCCC(C(=O)O)C(O)C2C=CC3C(Cc4ccnc(N)c4)CC(Cc4cc(-c5ccccc5)c(-c5cc(O)cc([O-])c5Cc5ccccc5)[nH]4)C3(O)C2)C(O)C1. The van der Waals surface area contributed by atoms with Crippen molar-refractivity contribution in [1.82, 2.24) is 9.97 Å². The number of nitrogens with one attached hydrogen (secondary N) is 1. The van der Waals surface area contributed by atoms with Crippen LogP contribution in [-0.4, -0.2) is 59.3 Å². The summed E-state index contributed by atoms with van der Waals surface area (Å²) in [6.45, 7) is 2.20. The summed E-state index contributed by atoms with van der Waals surface area (Å²) in [5.74, 6) is -2.53. The molecule has 10 atom stereocenters. The van der Waals surface area contributed by atoms with Gasteiger partial charge in [0.1, 0.15) is 11.6 Å². The van der Waals surface area contributed by atoms with Crippen LogP contribution in [0.25, 0.3) is 22.4 Å². The number of allylic oxidation sites excluding steroid dienone is 1. The van der Waals surface area contributed by atoms with Gasteiger partial charge in [-0.3, -0.25) is 4.79 Å². The zero-order valence-corrected chi connectivity index (χ0v) is 39.4. The van der Waals surface area contributed by atoms with E-state index in [1.807, 2.05) is 84.9 Å². The highest BCUT2D eigenvalue weighted by atomic mass is 16.4. The Morgan fingerprint density at radius 3 is 2.37 bits per heavy atom. The zero-order valence-electron chi connectivity index (χ0n) is 39.4. The van der Waals surface area contributed by atoms with Crippen molar-refractivity contribution in [3.63, 3.8) is 0 Å². The third-order valence-electron chi connectivity index (χ3n) is 15.5. The van der Waals surface area contributed by atoms with E-state index >= 15 is 0 Å². The number of nitrogens with two attached hydrogens (primary N) is 1. The average Bonchev–Trinajstić information content (AvgIpc) is 3.86. The minimum Gasteiger partial charge on any atom is -0.872 e. The van der Waals surface area contributed by atoms with E-state index in [-0.39, 0.29) is 47.7 Å². The Balaban J connectivity index is 1.02. The number of aliphatic hydroxyl groups excluding tert-OH is 2. The minimum absolute atomic E-state index is 0.0236. The molecular weight excluding hydrogens is 851 g/mol. The van der Waals surface area contributed by atoms with E-state index in [4.69, 9.17) is 5.73 Å². The van der Waals surface area contributed by atoms with E-state index in [0.29, 0.717) is 67.1 Å². The summed E-state index contributed by atoms with van der Waals surface area (Å²) in [5.41, 5.74) is 11.3. The van der Waals surface area contributed by atoms with E-state index in [1.54, 1.807) is 12.3 Å². The number of nitrogens with zero attached hydrogens (tertiary/aromatic N) is 1. The number of fused-ring (bicyclic) bond motifs is 1. The summed E-state index contributed by atoms with van der Waals surface area (Å²) in [5, 5.41) is 71.0. The standard InChI is InChI=1S/C58H71N3O7/c1-2-3-7-14-38-21-22-41(52(63)29-38)19-12-6-13-20-47(57(66)67)56(65)42-23-24-51-43(27-39-25-26-60-54(59)30-39)31-44(58(51,68)36-42)32-45-33-48(40-17-10-5-11-18-40)55(61-45)50-34-46(62)35-53(64)49(50)28-37-15-8-4-9-16-37/h4-5,8-11,15-18,21-26,30,33-35,38,41-44,47,51-52,56,61-65,68H,2-3,6-7,12-14,19-20,27-29,31-32,36H2,1H3,(H2,59,60)(H,66,67)/p-1. The number of carbonyl (C=O) groups is 1. The van der Waals surface area contributed by atoms with Gasteiger partial charge in [0.05, 0.1) is 29.4 Å². The molecular formula is C58H70N3O7-. The number of aromatic hydroxyl groups is 1. The molecule has 10 nitrogen and oxygen atoms in total. The van der Waals surface area contributed by atoms with Crippen molar-refractivity contribution in [2.24, 2.45) is 41.4 Å². The van der Waals surface area contributed by atoms with Gasteiger partial charge < -0.3 is 41.4 Å². The van der Waals surface area contributed by atoms with Gasteiger partial charge in [0.15, 0.2) is 0 Å². The molecule has 3 aromatic carbocycles. The number of aliphatic hydroxyl groups is 3. The average molecular weight is 921 g/mol. The maximum absolute atomic E-state index is 13.7. The summed E-state index contributed by atoms with van der Waals surface area (Å²) in [7, 11) is 0. The lowest BCUT2D eigenvalue weighted by atomic mass is 9.68. The van der Waals surface area contributed by atoms with Crippen molar-refractivity contribution >= 4 is 11.8 Å². The van der Waals surface area contributed by atoms with Crippen LogP contribution >= 0.6 is 0 Å². The number of rotatable bonds is 21. The predicted molar refractivity (Wildman–Crippen MR) is 266 cm³/mol. The van der Waals surface area contributed by atoms with Crippen LogP contribution in [0, 0.1) is 41.4 Å². The maximum Gasteiger partial charge on any atom is 0.309 e. The Morgan fingerprint density at radius 2 is 1.63 bits per heavy atom. The summed E-state index contributed by atoms with van der Waals surface area (Å²) < 4.78 is 0. The molecule has 8 rings (SSSR count). The smallest absolute Gasteiger partial charge is 0.309 e. The molecule has 0 bridgehead atoms. The lowest BCUT2D eigenvalue weighted by Crippen LogP contribution is -2.48. The van der Waals surface area contributed by atoms with Crippen molar-refractivity contribution < 1.29 is 35.4 Å². The molecule has 0 aliphatic heterocycles. The van der Waals surface area contributed by atoms with E-state index in [1.165, 1.54) is 25.3 Å². The monoisotopic (exact) mass is 921 g/mol. The topological polar surface area (TPSA) is 196 Å². The number of aliphatic carboxylic acids is 1. The number of hydrogen-bond acceptors (Lipinski definition) is 8. The molecule has 68 heavy (non-hydrogen) atoms. The van der Waals surface area contributed by atoms with E-state index < -0.39 is 29.5 Å². The number of unbranched alkanes of at least 4 members (excludes halogenated alkanes) is 4. The second-order valence-electron chi connectivity index (χ2n) is 20.2. The van der Waals surface area contributed by atoms with Crippen molar-refractivity contribution in [3.05, 3.63) is 144 Å². The summed E-state index contributed by atoms with van der Waals surface area (Å²) in [6, 6.07) is 28.5. The summed E-state index contributed by atoms with van der Waals surface area (Å²) >= 11 is 0. The lowest BCUT2D eigenvalue weighted by molar-refractivity contribution is -0.269. The molecule has 0 radical (unpaired) electrons. The molecule has 0 saturated heterocycles. The van der Waals surface area contributed by atoms with Crippen molar-refractivity contribution in [3.8, 4) is 33.9 Å². The quantitative estimate of drug-likeness (QED) is 0.0277. The highest BCUT2D eigenvalue weighted by Crippen LogP contribution is 2.54. The van der Waals surface area contributed by atoms with Gasteiger partial charge in [-0.05, 0) is 128 Å². The maximum atomic E-state index is 13.7. The Bertz CT molecular complexity index is 2500. The largest absolute Gasteiger partial charge is 0.872 e. The van der Waals surface area contributed by atoms with Crippen molar-refractivity contribution in [2.45, 2.75) is 121 Å². The van der Waals surface area contributed by atoms with Gasteiger partial charge in [0.2, 0.25) is 0 Å². The minimum atomic E-state index is -1.28. The number of carboxylic acid groups (broad SMARTS) is 1. The Labute approximate surface area is 401 Å². The number of aromatic amines is 1. The van der Waals surface area contributed by atoms with Crippen LogP contribution in [0.1, 0.15) is 106 Å². The molecule has 10 unspecified atom stereocenters. The van der Waals surface area contributed by atoms with Crippen LogP contribution in [0.3, 0.4) is 0 Å². The van der Waals surface area contributed by atoms with E-state index in [0.717, 1.165) is 60.1 Å². The van der Waals surface area contributed by atoms with Gasteiger partial charge in [0.25, 0.3) is 0 Å². The van der Waals surface area contributed by atoms with Crippen molar-refractivity contribution in [1.29, 1.82) is 0 Å². The summed E-state index contributed by atoms with van der Waals surface area (Å²) in [4.78, 5) is 20.7. The molecule has 5 aromatic rings. The van der Waals surface area contributed by atoms with Gasteiger partial charge in [-0.15, -0.1) is 5.75 Å². The van der Waals surface area contributed by atoms with Crippen LogP contribution in [0.4, 0.5) is 5.82 Å². The first-order valence-electron chi connectivity index (χ1n) is 25.1. The van der Waals surface area contributed by atoms with Crippen LogP contribution < -0.4 is 10.8 Å². The lowest BCUT2D eigenvalue weighted by Gasteiger charge is -2.42. The highest BCUT2D eigenvalue weighted by Gasteiger charge is 2.56. The molecule has 8 N–H and O–H groups in total. The molecule has 1 fully saturated rings. The Morgan fingerprint density at radius 1 is 0.868 bits per heavy atom. The second kappa shape index (κ2) is 22.2. The fourth-order valence-electron chi connectivity index (χ4n) is 12.0. The van der Waals surface area contributed by atoms with Gasteiger partial charge in [-0.25, -0.2) is 4.98 Å². The molecule has 1 saturated carbocycles. The van der Waals surface area contributed by atoms with Gasteiger partial charge >= 0.3 is 5.97 Å². The molecule has 10 heteroatoms. The second-order valence-corrected chi connectivity index (χ2v) is 20.2. The number of nitrogen functional groups attached to an aromatic ring is 1. The van der Waals surface area contributed by atoms with Crippen LogP contribution in [0.2, 0.25) is 0 Å². The van der Waals surface area contributed by atoms with Gasteiger partial charge in [0, 0.05) is 40.8 Å². The number of H-pyrrole nitrogens is 1. The first-order chi connectivity index (χ1) is 32.9. The fraction of sp³-hybridized carbons (Fsp3) is 0.448. The molecule has 2 aromatic heterocycles. The number of pyridine rings is 1. The van der Waals surface area contributed by atoms with E-state index in [9.17, 15) is 35.4 Å². The first kappa shape index (κ1) is 48.8. The molecule has 0 spiro atoms. The molecule has 3 aliphatic rings.